The zero-order chi connectivity index (χ0) is 7.19. The summed E-state index contributed by atoms with van der Waals surface area (Å²) >= 11 is 0. The summed E-state index contributed by atoms with van der Waals surface area (Å²) in [6.45, 7) is 5.25. The monoisotopic (exact) mass is 177 g/mol. The maximum Gasteiger partial charge on any atom is 0.111 e. The minimum Gasteiger partial charge on any atom is -0.361 e. The fourth-order valence-electron chi connectivity index (χ4n) is 1.42. The Labute approximate surface area is 74.1 Å². The highest BCUT2D eigenvalue weighted by atomic mass is 35.5. The summed E-state index contributed by atoms with van der Waals surface area (Å²) in [4.78, 5) is 0. The number of hydrogen-bond acceptors (Lipinski definition) is 2. The zero-order valence-corrected chi connectivity index (χ0v) is 7.91. The molecule has 1 saturated heterocycles. The highest BCUT2D eigenvalue weighted by Crippen LogP contribution is 2.36. The Kier molecular flexibility index (Phi) is 2.47. The Hall–Kier alpha value is 0.210. The van der Waals surface area contributed by atoms with Crippen molar-refractivity contribution in [2.24, 2.45) is 5.92 Å². The van der Waals surface area contributed by atoms with Crippen LogP contribution in [0.2, 0.25) is 0 Å². The van der Waals surface area contributed by atoms with Crippen LogP contribution in [0.3, 0.4) is 0 Å². The third-order valence-corrected chi connectivity index (χ3v) is 2.21. The lowest BCUT2D eigenvalue weighted by molar-refractivity contribution is 0.0818. The SMILES string of the molecule is CC1(C)COC(C2CC2)N1.Cl. The van der Waals surface area contributed by atoms with E-state index in [1.165, 1.54) is 12.8 Å². The Morgan fingerprint density at radius 3 is 2.36 bits per heavy atom. The second-order valence-corrected chi connectivity index (χ2v) is 4.10. The summed E-state index contributed by atoms with van der Waals surface area (Å²) in [5, 5.41) is 3.47. The Morgan fingerprint density at radius 1 is 1.36 bits per heavy atom. The minimum atomic E-state index is 0. The molecule has 1 unspecified atom stereocenters. The van der Waals surface area contributed by atoms with Gasteiger partial charge in [0.05, 0.1) is 6.61 Å². The van der Waals surface area contributed by atoms with Crippen LogP contribution >= 0.6 is 12.4 Å². The zero-order valence-electron chi connectivity index (χ0n) is 7.09. The lowest BCUT2D eigenvalue weighted by Gasteiger charge is -2.16. The molecule has 1 N–H and O–H groups in total. The van der Waals surface area contributed by atoms with Crippen molar-refractivity contribution in [2.75, 3.05) is 6.61 Å². The molecule has 1 aliphatic heterocycles. The van der Waals surface area contributed by atoms with Crippen LogP contribution in [0.25, 0.3) is 0 Å². The topological polar surface area (TPSA) is 21.3 Å². The van der Waals surface area contributed by atoms with Crippen molar-refractivity contribution >= 4 is 12.4 Å². The van der Waals surface area contributed by atoms with Gasteiger partial charge in [-0.15, -0.1) is 12.4 Å². The van der Waals surface area contributed by atoms with E-state index in [-0.39, 0.29) is 17.9 Å². The summed E-state index contributed by atoms with van der Waals surface area (Å²) in [5.41, 5.74) is 0.216. The van der Waals surface area contributed by atoms with Gasteiger partial charge in [0.25, 0.3) is 0 Å². The quantitative estimate of drug-likeness (QED) is 0.656. The smallest absolute Gasteiger partial charge is 0.111 e. The molecule has 3 heteroatoms. The molecular weight excluding hydrogens is 162 g/mol. The first-order chi connectivity index (χ1) is 4.67. The molecule has 0 aromatic rings. The van der Waals surface area contributed by atoms with E-state index < -0.39 is 0 Å². The third-order valence-electron chi connectivity index (χ3n) is 2.21. The van der Waals surface area contributed by atoms with Crippen LogP contribution in [0.4, 0.5) is 0 Å². The molecule has 1 aliphatic carbocycles. The fourth-order valence-corrected chi connectivity index (χ4v) is 1.42. The van der Waals surface area contributed by atoms with Gasteiger partial charge in [0.1, 0.15) is 6.23 Å². The molecule has 2 nitrogen and oxygen atoms in total. The van der Waals surface area contributed by atoms with Crippen molar-refractivity contribution in [3.63, 3.8) is 0 Å². The van der Waals surface area contributed by atoms with Gasteiger partial charge in [0, 0.05) is 5.54 Å². The Balaban J connectivity index is 0.000000605. The molecule has 0 bridgehead atoms. The second kappa shape index (κ2) is 2.92. The molecule has 1 atom stereocenters. The number of ether oxygens (including phenoxy) is 1. The van der Waals surface area contributed by atoms with Gasteiger partial charge in [0.15, 0.2) is 0 Å². The predicted molar refractivity (Wildman–Crippen MR) is 46.9 cm³/mol. The van der Waals surface area contributed by atoms with E-state index in [9.17, 15) is 0 Å². The molecule has 0 aromatic carbocycles. The molecule has 2 rings (SSSR count). The first kappa shape index (κ1) is 9.30. The summed E-state index contributed by atoms with van der Waals surface area (Å²) in [6, 6.07) is 0. The summed E-state index contributed by atoms with van der Waals surface area (Å²) in [6.07, 6.45) is 3.08. The molecule has 0 spiro atoms. The van der Waals surface area contributed by atoms with Gasteiger partial charge in [-0.05, 0) is 32.6 Å². The summed E-state index contributed by atoms with van der Waals surface area (Å²) in [7, 11) is 0. The molecule has 1 saturated carbocycles. The van der Waals surface area contributed by atoms with E-state index in [1.807, 2.05) is 0 Å². The van der Waals surface area contributed by atoms with Gasteiger partial charge in [0.2, 0.25) is 0 Å². The molecule has 0 aromatic heterocycles. The van der Waals surface area contributed by atoms with Crippen LogP contribution in [0.1, 0.15) is 26.7 Å². The Morgan fingerprint density at radius 2 is 2.00 bits per heavy atom. The van der Waals surface area contributed by atoms with Crippen molar-refractivity contribution in [3.8, 4) is 0 Å². The van der Waals surface area contributed by atoms with Crippen LogP contribution in [0.5, 0.6) is 0 Å². The van der Waals surface area contributed by atoms with E-state index in [0.29, 0.717) is 6.23 Å². The lowest BCUT2D eigenvalue weighted by atomic mass is 10.1. The lowest BCUT2D eigenvalue weighted by Crippen LogP contribution is -2.39. The van der Waals surface area contributed by atoms with Gasteiger partial charge >= 0.3 is 0 Å². The average molecular weight is 178 g/mol. The molecule has 0 amide bonds. The molecule has 0 radical (unpaired) electrons. The Bertz CT molecular complexity index is 145. The van der Waals surface area contributed by atoms with Crippen LogP contribution in [0, 0.1) is 5.92 Å². The van der Waals surface area contributed by atoms with Gasteiger partial charge in [-0.2, -0.15) is 0 Å². The van der Waals surface area contributed by atoms with Gasteiger partial charge < -0.3 is 4.74 Å². The van der Waals surface area contributed by atoms with Crippen molar-refractivity contribution < 1.29 is 4.74 Å². The maximum absolute atomic E-state index is 5.58. The van der Waals surface area contributed by atoms with Gasteiger partial charge in [-0.1, -0.05) is 0 Å². The summed E-state index contributed by atoms with van der Waals surface area (Å²) < 4.78 is 5.58. The van der Waals surface area contributed by atoms with E-state index in [2.05, 4.69) is 19.2 Å². The standard InChI is InChI=1S/C8H15NO.ClH/c1-8(2)5-10-7(9-8)6-3-4-6;/h6-7,9H,3-5H2,1-2H3;1H. The second-order valence-electron chi connectivity index (χ2n) is 4.10. The highest BCUT2D eigenvalue weighted by Gasteiger charge is 2.40. The molecule has 11 heavy (non-hydrogen) atoms. The van der Waals surface area contributed by atoms with E-state index in [4.69, 9.17) is 4.74 Å². The maximum atomic E-state index is 5.58. The first-order valence-corrected chi connectivity index (χ1v) is 4.07. The summed E-state index contributed by atoms with van der Waals surface area (Å²) in [5.74, 6) is 0.821. The molecule has 1 heterocycles. The number of rotatable bonds is 1. The average Bonchev–Trinajstić information content (AvgIpc) is 2.59. The molecule has 66 valence electrons. The van der Waals surface area contributed by atoms with E-state index in [1.54, 1.807) is 0 Å². The fraction of sp³-hybridized carbons (Fsp3) is 1.00. The van der Waals surface area contributed by atoms with Crippen molar-refractivity contribution in [1.82, 2.24) is 5.32 Å². The third kappa shape index (κ3) is 2.08. The molecule has 2 aliphatic rings. The van der Waals surface area contributed by atoms with Crippen LogP contribution in [-0.2, 0) is 4.74 Å². The normalized spacial score (nSPS) is 34.9. The van der Waals surface area contributed by atoms with Crippen molar-refractivity contribution in [1.29, 1.82) is 0 Å². The number of halogens is 1. The van der Waals surface area contributed by atoms with Crippen LogP contribution in [-0.4, -0.2) is 18.4 Å². The first-order valence-electron chi connectivity index (χ1n) is 4.07. The highest BCUT2D eigenvalue weighted by molar-refractivity contribution is 5.85. The van der Waals surface area contributed by atoms with Gasteiger partial charge in [-0.3, -0.25) is 5.32 Å². The molecule has 2 fully saturated rings. The van der Waals surface area contributed by atoms with Crippen molar-refractivity contribution in [3.05, 3.63) is 0 Å². The number of nitrogens with one attached hydrogen (secondary N) is 1. The van der Waals surface area contributed by atoms with Crippen LogP contribution in [0.15, 0.2) is 0 Å². The van der Waals surface area contributed by atoms with Crippen LogP contribution < -0.4 is 5.32 Å². The minimum absolute atomic E-state index is 0. The van der Waals surface area contributed by atoms with E-state index >= 15 is 0 Å². The van der Waals surface area contributed by atoms with Gasteiger partial charge in [-0.25, -0.2) is 0 Å². The molecular formula is C8H16ClNO. The largest absolute Gasteiger partial charge is 0.361 e. The number of hydrogen-bond donors (Lipinski definition) is 1. The predicted octanol–water partition coefficient (Wildman–Crippen LogP) is 1.54. The van der Waals surface area contributed by atoms with Crippen molar-refractivity contribution in [2.45, 2.75) is 38.5 Å². The van der Waals surface area contributed by atoms with E-state index in [0.717, 1.165) is 12.5 Å².